The third-order valence-electron chi connectivity index (χ3n) is 3.52. The second-order valence-electron chi connectivity index (χ2n) is 5.27. The third kappa shape index (κ3) is 5.04. The maximum atomic E-state index is 12.1. The highest BCUT2D eigenvalue weighted by Crippen LogP contribution is 2.39. The van der Waals surface area contributed by atoms with E-state index in [2.05, 4.69) is 21.2 Å². The Labute approximate surface area is 164 Å². The summed E-state index contributed by atoms with van der Waals surface area (Å²) >= 11 is 3.25. The molecule has 0 bridgehead atoms. The van der Waals surface area contributed by atoms with E-state index in [4.69, 9.17) is 24.7 Å². The van der Waals surface area contributed by atoms with E-state index in [9.17, 15) is 9.59 Å². The Bertz CT molecular complexity index is 831. The molecular weight excluding hydrogens is 420 g/mol. The number of ether oxygens (including phenoxy) is 4. The molecule has 0 aliphatic heterocycles. The molecule has 0 aromatic heterocycles. The number of hydrogen-bond donors (Lipinski definition) is 2. The van der Waals surface area contributed by atoms with Crippen molar-refractivity contribution in [3.8, 4) is 17.2 Å². The number of amides is 1. The van der Waals surface area contributed by atoms with E-state index in [-0.39, 0.29) is 11.3 Å². The molecule has 1 amide bonds. The van der Waals surface area contributed by atoms with Gasteiger partial charge in [0.05, 0.1) is 26.9 Å². The van der Waals surface area contributed by atoms with Crippen molar-refractivity contribution in [3.05, 3.63) is 40.4 Å². The highest BCUT2D eigenvalue weighted by molar-refractivity contribution is 9.10. The summed E-state index contributed by atoms with van der Waals surface area (Å²) in [5, 5.41) is 2.60. The number of halogens is 1. The number of carbonyl (C=O) groups excluding carboxylic acids is 2. The molecule has 27 heavy (non-hydrogen) atoms. The Kier molecular flexibility index (Phi) is 6.89. The van der Waals surface area contributed by atoms with Crippen LogP contribution in [0.5, 0.6) is 17.2 Å². The summed E-state index contributed by atoms with van der Waals surface area (Å²) < 4.78 is 21.4. The van der Waals surface area contributed by atoms with E-state index in [1.807, 2.05) is 0 Å². The maximum Gasteiger partial charge on any atom is 0.340 e. The highest BCUT2D eigenvalue weighted by Gasteiger charge is 2.16. The van der Waals surface area contributed by atoms with E-state index in [0.717, 1.165) is 0 Å². The van der Waals surface area contributed by atoms with Crippen LogP contribution in [0.15, 0.2) is 34.8 Å². The number of nitrogen functional groups attached to an aromatic ring is 1. The fourth-order valence-electron chi connectivity index (χ4n) is 2.26. The number of methoxy groups -OCH3 is 3. The van der Waals surface area contributed by atoms with Gasteiger partial charge in [0.1, 0.15) is 0 Å². The zero-order valence-electron chi connectivity index (χ0n) is 15.0. The molecule has 2 aromatic carbocycles. The standard InChI is InChI=1S/C18H19BrN2O6/c1-24-14-7-11(8-15(25-2)17(14)26-3)21-16(22)9-27-18(23)12-6-10(19)4-5-13(12)20/h4-8H,9,20H2,1-3H3,(H,21,22). The zero-order valence-corrected chi connectivity index (χ0v) is 16.6. The van der Waals surface area contributed by atoms with Crippen LogP contribution < -0.4 is 25.3 Å². The maximum absolute atomic E-state index is 12.1. The van der Waals surface area contributed by atoms with Crippen LogP contribution in [0.1, 0.15) is 10.4 Å². The Morgan fingerprint density at radius 2 is 1.67 bits per heavy atom. The van der Waals surface area contributed by atoms with Gasteiger partial charge in [-0.05, 0) is 18.2 Å². The normalized spacial score (nSPS) is 10.1. The number of esters is 1. The lowest BCUT2D eigenvalue weighted by Gasteiger charge is -2.14. The SMILES string of the molecule is COc1cc(NC(=O)COC(=O)c2cc(Br)ccc2N)cc(OC)c1OC. The Morgan fingerprint density at radius 3 is 2.22 bits per heavy atom. The van der Waals surface area contributed by atoms with Crippen LogP contribution in [-0.4, -0.2) is 39.8 Å². The van der Waals surface area contributed by atoms with Crippen molar-refractivity contribution in [2.45, 2.75) is 0 Å². The fourth-order valence-corrected chi connectivity index (χ4v) is 2.63. The van der Waals surface area contributed by atoms with E-state index in [1.54, 1.807) is 24.3 Å². The van der Waals surface area contributed by atoms with Crippen molar-refractivity contribution < 1.29 is 28.5 Å². The smallest absolute Gasteiger partial charge is 0.340 e. The molecule has 0 unspecified atom stereocenters. The number of nitrogens with two attached hydrogens (primary N) is 1. The summed E-state index contributed by atoms with van der Waals surface area (Å²) in [7, 11) is 4.41. The predicted octanol–water partition coefficient (Wildman–Crippen LogP) is 2.85. The van der Waals surface area contributed by atoms with Gasteiger partial charge in [0.15, 0.2) is 18.1 Å². The molecule has 0 radical (unpaired) electrons. The first-order valence-electron chi connectivity index (χ1n) is 7.71. The van der Waals surface area contributed by atoms with E-state index in [0.29, 0.717) is 27.4 Å². The van der Waals surface area contributed by atoms with E-state index in [1.165, 1.54) is 27.4 Å². The van der Waals surface area contributed by atoms with Crippen molar-refractivity contribution >= 4 is 39.2 Å². The van der Waals surface area contributed by atoms with Crippen LogP contribution in [0.2, 0.25) is 0 Å². The van der Waals surface area contributed by atoms with Gasteiger partial charge in [0.2, 0.25) is 5.75 Å². The largest absolute Gasteiger partial charge is 0.493 e. The molecule has 0 aliphatic rings. The number of anilines is 2. The topological polar surface area (TPSA) is 109 Å². The van der Waals surface area contributed by atoms with Crippen LogP contribution in [0.3, 0.4) is 0 Å². The molecule has 0 atom stereocenters. The van der Waals surface area contributed by atoms with Crippen molar-refractivity contribution in [1.29, 1.82) is 0 Å². The molecule has 2 aromatic rings. The summed E-state index contributed by atoms with van der Waals surface area (Å²) in [4.78, 5) is 24.2. The van der Waals surface area contributed by atoms with Crippen LogP contribution in [0.25, 0.3) is 0 Å². The summed E-state index contributed by atoms with van der Waals surface area (Å²) in [6, 6.07) is 7.91. The minimum atomic E-state index is -0.700. The van der Waals surface area contributed by atoms with Gasteiger partial charge in [-0.3, -0.25) is 4.79 Å². The lowest BCUT2D eigenvalue weighted by molar-refractivity contribution is -0.119. The van der Waals surface area contributed by atoms with Gasteiger partial charge in [-0.15, -0.1) is 0 Å². The second kappa shape index (κ2) is 9.13. The van der Waals surface area contributed by atoms with E-state index >= 15 is 0 Å². The van der Waals surface area contributed by atoms with Gasteiger partial charge in [-0.25, -0.2) is 4.79 Å². The van der Waals surface area contributed by atoms with Gasteiger partial charge < -0.3 is 30.0 Å². The first-order valence-corrected chi connectivity index (χ1v) is 8.51. The second-order valence-corrected chi connectivity index (χ2v) is 6.19. The molecular formula is C18H19BrN2O6. The summed E-state index contributed by atoms with van der Waals surface area (Å²) in [5.41, 5.74) is 6.57. The molecule has 2 rings (SSSR count). The summed E-state index contributed by atoms with van der Waals surface area (Å²) in [6.45, 7) is -0.485. The van der Waals surface area contributed by atoms with Gasteiger partial charge in [0.25, 0.3) is 5.91 Å². The predicted molar refractivity (Wildman–Crippen MR) is 104 cm³/mol. The Balaban J connectivity index is 2.05. The average Bonchev–Trinajstić information content (AvgIpc) is 2.67. The molecule has 0 spiro atoms. The first-order chi connectivity index (χ1) is 12.9. The molecule has 144 valence electrons. The van der Waals surface area contributed by atoms with Crippen LogP contribution in [0.4, 0.5) is 11.4 Å². The van der Waals surface area contributed by atoms with Crippen molar-refractivity contribution in [1.82, 2.24) is 0 Å². The van der Waals surface area contributed by atoms with Crippen LogP contribution >= 0.6 is 15.9 Å². The monoisotopic (exact) mass is 438 g/mol. The molecule has 0 saturated heterocycles. The number of rotatable bonds is 7. The first kappa shape index (κ1) is 20.4. The van der Waals surface area contributed by atoms with Gasteiger partial charge in [-0.2, -0.15) is 0 Å². The Hall–Kier alpha value is -2.94. The number of benzene rings is 2. The van der Waals surface area contributed by atoms with Gasteiger partial charge >= 0.3 is 5.97 Å². The molecule has 0 fully saturated rings. The van der Waals surface area contributed by atoms with Crippen molar-refractivity contribution in [2.24, 2.45) is 0 Å². The zero-order chi connectivity index (χ0) is 20.0. The number of carbonyl (C=O) groups is 2. The van der Waals surface area contributed by atoms with Gasteiger partial charge in [-0.1, -0.05) is 15.9 Å². The number of nitrogens with one attached hydrogen (secondary N) is 1. The van der Waals surface area contributed by atoms with Crippen LogP contribution in [-0.2, 0) is 9.53 Å². The fraction of sp³-hybridized carbons (Fsp3) is 0.222. The molecule has 0 saturated carbocycles. The minimum Gasteiger partial charge on any atom is -0.493 e. The third-order valence-corrected chi connectivity index (χ3v) is 4.01. The molecule has 3 N–H and O–H groups in total. The highest BCUT2D eigenvalue weighted by atomic mass is 79.9. The van der Waals surface area contributed by atoms with Crippen LogP contribution in [0, 0.1) is 0 Å². The van der Waals surface area contributed by atoms with E-state index < -0.39 is 18.5 Å². The molecule has 0 aliphatic carbocycles. The quantitative estimate of drug-likeness (QED) is 0.505. The van der Waals surface area contributed by atoms with Gasteiger partial charge in [0, 0.05) is 28.0 Å². The minimum absolute atomic E-state index is 0.171. The molecule has 0 heterocycles. The van der Waals surface area contributed by atoms with Crippen molar-refractivity contribution in [2.75, 3.05) is 39.0 Å². The number of hydrogen-bond acceptors (Lipinski definition) is 7. The van der Waals surface area contributed by atoms with Crippen molar-refractivity contribution in [3.63, 3.8) is 0 Å². The molecule has 9 heteroatoms. The average molecular weight is 439 g/mol. The molecule has 8 nitrogen and oxygen atoms in total. The lowest BCUT2D eigenvalue weighted by Crippen LogP contribution is -2.21. The Morgan fingerprint density at radius 1 is 1.04 bits per heavy atom. The summed E-state index contributed by atoms with van der Waals surface area (Å²) in [5.74, 6) is -0.0771. The lowest BCUT2D eigenvalue weighted by atomic mass is 10.2. The summed E-state index contributed by atoms with van der Waals surface area (Å²) in [6.07, 6.45) is 0.